The van der Waals surface area contributed by atoms with Crippen LogP contribution in [-0.2, 0) is 11.3 Å². The number of hydrogen-bond acceptors (Lipinski definition) is 4. The minimum atomic E-state index is -0.101. The van der Waals surface area contributed by atoms with Crippen molar-refractivity contribution in [2.24, 2.45) is 5.92 Å². The summed E-state index contributed by atoms with van der Waals surface area (Å²) in [5, 5.41) is 0. The van der Waals surface area contributed by atoms with E-state index in [0.29, 0.717) is 32.7 Å². The van der Waals surface area contributed by atoms with E-state index >= 15 is 0 Å². The maximum Gasteiger partial charge on any atom is 0.435 e. The van der Waals surface area contributed by atoms with Gasteiger partial charge in [-0.25, -0.2) is 14.7 Å². The first kappa shape index (κ1) is 22.7. The first-order valence-electron chi connectivity index (χ1n) is 10.9. The maximum atomic E-state index is 13.4. The van der Waals surface area contributed by atoms with Crippen molar-refractivity contribution in [2.45, 2.75) is 41.2 Å². The average molecular weight is 425 g/mol. The first-order valence-corrected chi connectivity index (χ1v) is 10.9. The number of carbonyl (C=O) groups is 2. The summed E-state index contributed by atoms with van der Waals surface area (Å²) in [6, 6.07) is 10.0. The zero-order valence-corrected chi connectivity index (χ0v) is 19.2. The molecule has 1 fully saturated rings. The fourth-order valence-corrected chi connectivity index (χ4v) is 3.90. The lowest BCUT2D eigenvalue weighted by atomic mass is 10.0. The number of hydrazine groups is 1. The van der Waals surface area contributed by atoms with Crippen LogP contribution in [0.2, 0.25) is 0 Å². The van der Waals surface area contributed by atoms with Crippen molar-refractivity contribution in [3.05, 3.63) is 58.9 Å². The number of hydrogen-bond donors (Lipinski definition) is 2. The highest BCUT2D eigenvalue weighted by Crippen LogP contribution is 2.22. The third kappa shape index (κ3) is 5.41. The standard InChI is InChI=1S/C24H33N5O2/c1-17(2)23(30)28-10-12-29(13-11-28,16-21-8-6-18(3)19(4)14-21)24(31)27-26-22-9-7-20(5)25-15-22/h6-9,14-15,17,26H,10-13,16H2,1-5H3/p+1. The Labute approximate surface area is 185 Å². The zero-order valence-electron chi connectivity index (χ0n) is 19.2. The number of quaternary nitrogens is 1. The van der Waals surface area contributed by atoms with Gasteiger partial charge in [-0.3, -0.25) is 15.2 Å². The highest BCUT2D eigenvalue weighted by Gasteiger charge is 2.42. The molecule has 31 heavy (non-hydrogen) atoms. The first-order chi connectivity index (χ1) is 14.7. The number of nitrogens with zero attached hydrogens (tertiary/aromatic N) is 3. The third-order valence-corrected chi connectivity index (χ3v) is 6.11. The minimum absolute atomic E-state index is 0.0377. The van der Waals surface area contributed by atoms with Gasteiger partial charge in [0.15, 0.2) is 0 Å². The van der Waals surface area contributed by atoms with Crippen LogP contribution in [0.3, 0.4) is 0 Å². The predicted molar refractivity (Wildman–Crippen MR) is 122 cm³/mol. The van der Waals surface area contributed by atoms with Crippen molar-refractivity contribution in [3.63, 3.8) is 0 Å². The molecule has 3 amide bonds. The Bertz CT molecular complexity index is 931. The Hall–Kier alpha value is -2.93. The summed E-state index contributed by atoms with van der Waals surface area (Å²) in [5.74, 6) is 0.109. The minimum Gasteiger partial charge on any atom is -0.331 e. The second-order valence-corrected chi connectivity index (χ2v) is 8.89. The van der Waals surface area contributed by atoms with Gasteiger partial charge in [0.1, 0.15) is 19.6 Å². The summed E-state index contributed by atoms with van der Waals surface area (Å²) < 4.78 is 0.247. The summed E-state index contributed by atoms with van der Waals surface area (Å²) in [4.78, 5) is 32.0. The number of nitrogens with one attached hydrogen (secondary N) is 2. The lowest BCUT2D eigenvalue weighted by Crippen LogP contribution is -2.66. The van der Waals surface area contributed by atoms with Gasteiger partial charge in [0.25, 0.3) is 0 Å². The molecule has 0 radical (unpaired) electrons. The van der Waals surface area contributed by atoms with E-state index in [4.69, 9.17) is 0 Å². The lowest BCUT2D eigenvalue weighted by Gasteiger charge is -2.42. The van der Waals surface area contributed by atoms with Gasteiger partial charge < -0.3 is 4.90 Å². The van der Waals surface area contributed by atoms with E-state index in [1.54, 1.807) is 6.20 Å². The summed E-state index contributed by atoms with van der Waals surface area (Å²) in [7, 11) is 0. The lowest BCUT2D eigenvalue weighted by molar-refractivity contribution is -0.868. The van der Waals surface area contributed by atoms with Gasteiger partial charge in [-0.05, 0) is 44.0 Å². The molecule has 1 aromatic heterocycles. The molecule has 1 aromatic carbocycles. The van der Waals surface area contributed by atoms with Crippen LogP contribution in [0.4, 0.5) is 10.5 Å². The van der Waals surface area contributed by atoms with Crippen LogP contribution >= 0.6 is 0 Å². The van der Waals surface area contributed by atoms with Crippen molar-refractivity contribution in [3.8, 4) is 0 Å². The van der Waals surface area contributed by atoms with E-state index in [1.165, 1.54) is 11.1 Å². The van der Waals surface area contributed by atoms with E-state index in [-0.39, 0.29) is 22.3 Å². The molecular formula is C24H34N5O2+. The van der Waals surface area contributed by atoms with E-state index in [0.717, 1.165) is 16.9 Å². The molecule has 1 aliphatic heterocycles. The van der Waals surface area contributed by atoms with Crippen molar-refractivity contribution in [1.82, 2.24) is 15.3 Å². The number of benzene rings is 1. The van der Waals surface area contributed by atoms with Crippen molar-refractivity contribution in [1.29, 1.82) is 0 Å². The number of aromatic nitrogens is 1. The van der Waals surface area contributed by atoms with Crippen molar-refractivity contribution in [2.75, 3.05) is 31.6 Å². The van der Waals surface area contributed by atoms with Gasteiger partial charge >= 0.3 is 6.03 Å². The normalized spacial score (nSPS) is 15.6. The smallest absolute Gasteiger partial charge is 0.331 e. The van der Waals surface area contributed by atoms with Crippen LogP contribution in [0.15, 0.2) is 36.5 Å². The number of amides is 3. The van der Waals surface area contributed by atoms with Crippen LogP contribution in [0.1, 0.15) is 36.2 Å². The van der Waals surface area contributed by atoms with Crippen molar-refractivity contribution >= 4 is 17.6 Å². The molecular weight excluding hydrogens is 390 g/mol. The maximum absolute atomic E-state index is 13.4. The second kappa shape index (κ2) is 9.47. The Kier molecular flexibility index (Phi) is 6.95. The zero-order chi connectivity index (χ0) is 22.6. The molecule has 0 atom stereocenters. The number of carbonyl (C=O) groups excluding carboxylic acids is 2. The highest BCUT2D eigenvalue weighted by atomic mass is 16.2. The van der Waals surface area contributed by atoms with E-state index < -0.39 is 0 Å². The summed E-state index contributed by atoms with van der Waals surface area (Å²) in [6.45, 7) is 12.8. The second-order valence-electron chi connectivity index (χ2n) is 8.89. The molecule has 7 heteroatoms. The topological polar surface area (TPSA) is 74.3 Å². The average Bonchev–Trinajstić information content (AvgIpc) is 2.75. The van der Waals surface area contributed by atoms with E-state index in [9.17, 15) is 9.59 Å². The highest BCUT2D eigenvalue weighted by molar-refractivity contribution is 5.78. The molecule has 0 saturated carbocycles. The molecule has 1 aliphatic rings. The fraction of sp³-hybridized carbons (Fsp3) is 0.458. The predicted octanol–water partition coefficient (Wildman–Crippen LogP) is 3.56. The number of pyridine rings is 1. The Morgan fingerprint density at radius 1 is 1.06 bits per heavy atom. The largest absolute Gasteiger partial charge is 0.435 e. The summed E-state index contributed by atoms with van der Waals surface area (Å²) in [5.41, 5.74) is 11.1. The molecule has 2 N–H and O–H groups in total. The number of aryl methyl sites for hydroxylation is 3. The molecule has 2 heterocycles. The van der Waals surface area contributed by atoms with Crippen LogP contribution in [0, 0.1) is 26.7 Å². The van der Waals surface area contributed by atoms with Crippen molar-refractivity contribution < 1.29 is 14.1 Å². The Morgan fingerprint density at radius 3 is 2.35 bits per heavy atom. The monoisotopic (exact) mass is 424 g/mol. The molecule has 3 rings (SSSR count). The molecule has 0 aliphatic carbocycles. The van der Waals surface area contributed by atoms with Gasteiger partial charge in [0.05, 0.1) is 25.0 Å². The van der Waals surface area contributed by atoms with Gasteiger partial charge in [-0.1, -0.05) is 32.0 Å². The number of rotatable bonds is 5. The SMILES string of the molecule is Cc1ccc(NNC(=O)[N+]2(Cc3ccc(C)c(C)c3)CCN(C(=O)C(C)C)CC2)cn1. The molecule has 166 valence electrons. The van der Waals surface area contributed by atoms with E-state index in [1.807, 2.05) is 37.8 Å². The molecule has 0 spiro atoms. The third-order valence-electron chi connectivity index (χ3n) is 6.11. The Morgan fingerprint density at radius 2 is 1.77 bits per heavy atom. The summed E-state index contributed by atoms with van der Waals surface area (Å²) in [6.07, 6.45) is 1.70. The van der Waals surface area contributed by atoms with Crippen LogP contribution in [0.25, 0.3) is 0 Å². The molecule has 7 nitrogen and oxygen atoms in total. The fourth-order valence-electron chi connectivity index (χ4n) is 3.90. The quantitative estimate of drug-likeness (QED) is 0.569. The van der Waals surface area contributed by atoms with Gasteiger partial charge in [0.2, 0.25) is 5.91 Å². The summed E-state index contributed by atoms with van der Waals surface area (Å²) >= 11 is 0. The molecule has 2 aromatic rings. The number of anilines is 1. The number of urea groups is 1. The van der Waals surface area contributed by atoms with Crippen LogP contribution in [-0.4, -0.2) is 52.5 Å². The van der Waals surface area contributed by atoms with Gasteiger partial charge in [-0.2, -0.15) is 0 Å². The van der Waals surface area contributed by atoms with Gasteiger partial charge in [0, 0.05) is 17.2 Å². The van der Waals surface area contributed by atoms with Gasteiger partial charge in [-0.15, -0.1) is 0 Å². The molecule has 0 bridgehead atoms. The number of piperazine rings is 1. The van der Waals surface area contributed by atoms with Crippen LogP contribution in [0.5, 0.6) is 0 Å². The van der Waals surface area contributed by atoms with Crippen LogP contribution < -0.4 is 10.9 Å². The molecule has 0 unspecified atom stereocenters. The molecule has 1 saturated heterocycles. The van der Waals surface area contributed by atoms with E-state index in [2.05, 4.69) is 47.9 Å². The Balaban J connectivity index is 1.78.